The fourth-order valence-electron chi connectivity index (χ4n) is 1.55. The van der Waals surface area contributed by atoms with Gasteiger partial charge in [0.1, 0.15) is 17.3 Å². The van der Waals surface area contributed by atoms with Crippen molar-refractivity contribution in [3.8, 4) is 0 Å². The van der Waals surface area contributed by atoms with Gasteiger partial charge in [0.25, 0.3) is 0 Å². The molecule has 1 heterocycles. The Balaban J connectivity index is 1.76. The minimum absolute atomic E-state index is 0.213. The van der Waals surface area contributed by atoms with Crippen LogP contribution in [0.4, 0.5) is 4.79 Å². The first-order chi connectivity index (χ1) is 8.16. The third-order valence-corrected chi connectivity index (χ3v) is 3.55. The number of thiol groups is 1. The molecule has 2 rings (SSSR count). The minimum Gasteiger partial charge on any atom is -0.445 e. The zero-order chi connectivity index (χ0) is 12.3. The van der Waals surface area contributed by atoms with Gasteiger partial charge >= 0.3 is 6.09 Å². The normalized spacial score (nSPS) is 15.7. The molecule has 0 aromatic heterocycles. The van der Waals surface area contributed by atoms with Crippen molar-refractivity contribution in [2.24, 2.45) is 0 Å². The van der Waals surface area contributed by atoms with Gasteiger partial charge in [0.05, 0.1) is 5.25 Å². The van der Waals surface area contributed by atoms with Crippen LogP contribution in [0, 0.1) is 0 Å². The summed E-state index contributed by atoms with van der Waals surface area (Å²) in [5, 5.41) is -0.408. The summed E-state index contributed by atoms with van der Waals surface area (Å²) < 4.78 is 26.2. The Bertz CT molecular complexity index is 458. The second kappa shape index (κ2) is 5.18. The maximum atomic E-state index is 11.5. The highest BCUT2D eigenvalue weighted by atomic mass is 32.2. The number of nitrogens with zero attached hydrogens (tertiary/aromatic N) is 1. The Labute approximate surface area is 101 Å². The van der Waals surface area contributed by atoms with Crippen molar-refractivity contribution in [3.63, 3.8) is 0 Å². The average molecular weight is 255 g/mol. The molecule has 0 saturated carbocycles. The smallest absolute Gasteiger partial charge is 0.410 e. The molecule has 1 aliphatic rings. The van der Waals surface area contributed by atoms with E-state index in [1.165, 1.54) is 4.90 Å². The van der Waals surface area contributed by atoms with E-state index in [-0.39, 0.29) is 19.7 Å². The monoisotopic (exact) mass is 255 g/mol. The van der Waals surface area contributed by atoms with Crippen molar-refractivity contribution < 1.29 is 17.9 Å². The molecule has 0 unspecified atom stereocenters. The molecule has 6 heteroatoms. The Morgan fingerprint density at radius 1 is 1.29 bits per heavy atom. The Kier molecular flexibility index (Phi) is 3.63. The molecule has 0 N–H and O–H groups in total. The van der Waals surface area contributed by atoms with Gasteiger partial charge in [-0.2, -0.15) is 0 Å². The standard InChI is InChI=1S/C11H13NO4S/c13-11(12-6-10(7-12)17(14)15)16-8-9-4-2-1-3-5-9/h1-5,10,17H,6-8H2. The molecule has 0 aliphatic carbocycles. The lowest BCUT2D eigenvalue weighted by molar-refractivity contribution is 0.0771. The first-order valence-electron chi connectivity index (χ1n) is 5.26. The number of hydrogen-bond acceptors (Lipinski definition) is 4. The maximum absolute atomic E-state index is 11.5. The first kappa shape index (κ1) is 11.9. The summed E-state index contributed by atoms with van der Waals surface area (Å²) in [6, 6.07) is 9.34. The summed E-state index contributed by atoms with van der Waals surface area (Å²) in [4.78, 5) is 12.9. The van der Waals surface area contributed by atoms with Gasteiger partial charge in [-0.3, -0.25) is 0 Å². The number of benzene rings is 1. The number of amides is 1. The van der Waals surface area contributed by atoms with E-state index in [2.05, 4.69) is 0 Å². The topological polar surface area (TPSA) is 63.7 Å². The van der Waals surface area contributed by atoms with Crippen molar-refractivity contribution >= 4 is 16.8 Å². The lowest BCUT2D eigenvalue weighted by atomic mass is 10.2. The summed E-state index contributed by atoms with van der Waals surface area (Å²) in [5.41, 5.74) is 0.910. The van der Waals surface area contributed by atoms with Crippen LogP contribution >= 0.6 is 0 Å². The van der Waals surface area contributed by atoms with E-state index in [0.29, 0.717) is 0 Å². The molecule has 0 atom stereocenters. The molecule has 17 heavy (non-hydrogen) atoms. The van der Waals surface area contributed by atoms with Gasteiger partial charge in [0.2, 0.25) is 0 Å². The van der Waals surface area contributed by atoms with Gasteiger partial charge in [0, 0.05) is 13.1 Å². The highest BCUT2D eigenvalue weighted by Crippen LogP contribution is 2.13. The van der Waals surface area contributed by atoms with Crippen LogP contribution in [-0.2, 0) is 22.0 Å². The number of hydrogen-bond donors (Lipinski definition) is 1. The van der Waals surface area contributed by atoms with Crippen LogP contribution in [0.5, 0.6) is 0 Å². The lowest BCUT2D eigenvalue weighted by Gasteiger charge is -2.34. The van der Waals surface area contributed by atoms with Crippen molar-refractivity contribution in [2.45, 2.75) is 11.9 Å². The minimum atomic E-state index is -2.43. The van der Waals surface area contributed by atoms with E-state index >= 15 is 0 Å². The zero-order valence-corrected chi connectivity index (χ0v) is 10.0. The van der Waals surface area contributed by atoms with Gasteiger partial charge in [-0.1, -0.05) is 30.3 Å². The van der Waals surface area contributed by atoms with Gasteiger partial charge in [-0.25, -0.2) is 13.2 Å². The Hall–Kier alpha value is -1.56. The molecule has 5 nitrogen and oxygen atoms in total. The van der Waals surface area contributed by atoms with E-state index < -0.39 is 22.0 Å². The molecule has 1 fully saturated rings. The molecule has 0 spiro atoms. The summed E-state index contributed by atoms with van der Waals surface area (Å²) >= 11 is 0. The molecule has 1 amide bonds. The van der Waals surface area contributed by atoms with E-state index in [4.69, 9.17) is 4.74 Å². The largest absolute Gasteiger partial charge is 0.445 e. The van der Waals surface area contributed by atoms with Crippen molar-refractivity contribution in [2.75, 3.05) is 13.1 Å². The van der Waals surface area contributed by atoms with Crippen LogP contribution in [0.1, 0.15) is 5.56 Å². The molecule has 1 saturated heterocycles. The molecule has 0 radical (unpaired) electrons. The second-order valence-corrected chi connectivity index (χ2v) is 5.19. The van der Waals surface area contributed by atoms with Crippen LogP contribution in [0.25, 0.3) is 0 Å². The first-order valence-corrected chi connectivity index (χ1v) is 6.50. The van der Waals surface area contributed by atoms with Gasteiger partial charge in [0.15, 0.2) is 0 Å². The number of likely N-dealkylation sites (tertiary alicyclic amines) is 1. The molecule has 1 aromatic rings. The Morgan fingerprint density at radius 2 is 1.94 bits per heavy atom. The number of carbonyl (C=O) groups excluding carboxylic acids is 1. The van der Waals surface area contributed by atoms with E-state index in [1.54, 1.807) is 0 Å². The number of carbonyl (C=O) groups is 1. The van der Waals surface area contributed by atoms with Crippen LogP contribution in [-0.4, -0.2) is 37.8 Å². The summed E-state index contributed by atoms with van der Waals surface area (Å²) in [6.45, 7) is 0.697. The fraction of sp³-hybridized carbons (Fsp3) is 0.364. The van der Waals surface area contributed by atoms with Gasteiger partial charge in [-0.15, -0.1) is 0 Å². The third kappa shape index (κ3) is 2.97. The van der Waals surface area contributed by atoms with Gasteiger partial charge < -0.3 is 9.64 Å². The third-order valence-electron chi connectivity index (χ3n) is 2.62. The molecule has 92 valence electrons. The van der Waals surface area contributed by atoms with Crippen molar-refractivity contribution in [1.82, 2.24) is 4.90 Å². The van der Waals surface area contributed by atoms with Crippen molar-refractivity contribution in [1.29, 1.82) is 0 Å². The van der Waals surface area contributed by atoms with Crippen LogP contribution in [0.2, 0.25) is 0 Å². The van der Waals surface area contributed by atoms with Crippen LogP contribution < -0.4 is 0 Å². The molecule has 1 aromatic carbocycles. The molecular formula is C11H13NO4S. The molecular weight excluding hydrogens is 242 g/mol. The predicted molar refractivity (Wildman–Crippen MR) is 62.3 cm³/mol. The highest BCUT2D eigenvalue weighted by molar-refractivity contribution is 7.73. The van der Waals surface area contributed by atoms with Gasteiger partial charge in [-0.05, 0) is 5.56 Å². The van der Waals surface area contributed by atoms with E-state index in [0.717, 1.165) is 5.56 Å². The summed E-state index contributed by atoms with van der Waals surface area (Å²) in [6.07, 6.45) is -0.457. The quantitative estimate of drug-likeness (QED) is 0.804. The fourth-order valence-corrected chi connectivity index (χ4v) is 2.21. The summed E-state index contributed by atoms with van der Waals surface area (Å²) in [7, 11) is -2.43. The van der Waals surface area contributed by atoms with Crippen LogP contribution in [0.3, 0.4) is 0 Å². The average Bonchev–Trinajstić information content (AvgIpc) is 2.25. The van der Waals surface area contributed by atoms with E-state index in [9.17, 15) is 13.2 Å². The highest BCUT2D eigenvalue weighted by Gasteiger charge is 2.33. The maximum Gasteiger partial charge on any atom is 0.410 e. The SMILES string of the molecule is O=C(OCc1ccccc1)N1CC([SH](=O)=O)C1. The van der Waals surface area contributed by atoms with Crippen molar-refractivity contribution in [3.05, 3.63) is 35.9 Å². The number of ether oxygens (including phenoxy) is 1. The molecule has 1 aliphatic heterocycles. The Morgan fingerprint density at radius 3 is 2.53 bits per heavy atom. The zero-order valence-electron chi connectivity index (χ0n) is 9.11. The summed E-state index contributed by atoms with van der Waals surface area (Å²) in [5.74, 6) is 0. The second-order valence-electron chi connectivity index (χ2n) is 3.88. The molecule has 0 bridgehead atoms. The van der Waals surface area contributed by atoms with E-state index in [1.807, 2.05) is 30.3 Å². The predicted octanol–water partition coefficient (Wildman–Crippen LogP) is 0.619. The number of rotatable bonds is 3. The lowest BCUT2D eigenvalue weighted by Crippen LogP contribution is -2.54. The van der Waals surface area contributed by atoms with Crippen LogP contribution in [0.15, 0.2) is 30.3 Å².